The van der Waals surface area contributed by atoms with Crippen LogP contribution in [0.4, 0.5) is 0 Å². The quantitative estimate of drug-likeness (QED) is 0.360. The molecule has 0 saturated carbocycles. The van der Waals surface area contributed by atoms with E-state index in [1.807, 2.05) is 0 Å². The molecule has 12 heterocycles. The average Bonchev–Trinajstić information content (AvgIpc) is 4.06. The highest BCUT2D eigenvalue weighted by Crippen LogP contribution is 2.42. The van der Waals surface area contributed by atoms with Gasteiger partial charge in [0.2, 0.25) is 0 Å². The van der Waals surface area contributed by atoms with E-state index in [9.17, 15) is 0 Å². The summed E-state index contributed by atoms with van der Waals surface area (Å²) in [5.41, 5.74) is 4.23. The molecule has 64 heavy (non-hydrogen) atoms. The first kappa shape index (κ1) is 51.4. The molecule has 12 aliphatic rings. The molecular weight excluding hydrogens is 793 g/mol. The van der Waals surface area contributed by atoms with E-state index in [4.69, 9.17) is 0 Å². The standard InChI is InChI=1S/2C10H20N2.C9H18N2.2C8H16N2.C7H14N2/c1-11-6-3-10(4-7-11)5-8-12(2)9-10;1-11-6-3-4-10(8-11)5-7-12(2)9-10;1-10-5-3-9(7-10)4-6-11(2)8-9;2*1-9-4-3-8(5-9)6-10(2)7-8;1-8-3-7(4-8)5-9(2)6-7/h2*3-9H2,1-2H3;3-8H2,1-2H3;2*3-7H2,1-2H3;3-6H2,1-2H3. The second kappa shape index (κ2) is 21.3. The minimum Gasteiger partial charge on any atom is -0.306 e. The molecule has 6 spiro atoms. The molecular formula is C52H104N12. The van der Waals surface area contributed by atoms with Crippen LogP contribution in [0.15, 0.2) is 0 Å². The van der Waals surface area contributed by atoms with Crippen LogP contribution in [0.3, 0.4) is 0 Å². The molecule has 0 aliphatic carbocycles. The summed E-state index contributed by atoms with van der Waals surface area (Å²) < 4.78 is 0. The molecule has 372 valence electrons. The molecule has 0 bridgehead atoms. The maximum absolute atomic E-state index is 2.50. The summed E-state index contributed by atoms with van der Waals surface area (Å²) in [6, 6.07) is 0. The Kier molecular flexibility index (Phi) is 17.1. The van der Waals surface area contributed by atoms with Crippen LogP contribution < -0.4 is 0 Å². The zero-order valence-corrected chi connectivity index (χ0v) is 44.4. The number of likely N-dealkylation sites (tertiary alicyclic amines) is 12. The molecule has 12 rings (SSSR count). The summed E-state index contributed by atoms with van der Waals surface area (Å²) in [4.78, 5) is 29.4. The van der Waals surface area contributed by atoms with Gasteiger partial charge in [0.25, 0.3) is 0 Å². The summed E-state index contributed by atoms with van der Waals surface area (Å²) in [7, 11) is 26.8. The maximum Gasteiger partial charge on any atom is 0.0211 e. The number of hydrogen-bond acceptors (Lipinski definition) is 12. The Labute approximate surface area is 395 Å². The molecule has 12 saturated heterocycles. The van der Waals surface area contributed by atoms with Crippen molar-refractivity contribution in [3.05, 3.63) is 0 Å². The summed E-state index contributed by atoms with van der Waals surface area (Å²) in [5.74, 6) is 0. The van der Waals surface area contributed by atoms with Crippen molar-refractivity contribution in [2.45, 2.75) is 64.2 Å². The molecule has 0 amide bonds. The van der Waals surface area contributed by atoms with Gasteiger partial charge in [-0.3, -0.25) is 0 Å². The van der Waals surface area contributed by atoms with Gasteiger partial charge in [-0.1, -0.05) is 0 Å². The van der Waals surface area contributed by atoms with E-state index in [2.05, 4.69) is 143 Å². The summed E-state index contributed by atoms with van der Waals surface area (Å²) in [5, 5.41) is 0. The Bertz CT molecular complexity index is 1340. The first-order valence-corrected chi connectivity index (χ1v) is 26.4. The van der Waals surface area contributed by atoms with E-state index in [1.54, 1.807) is 0 Å². The maximum atomic E-state index is 2.50. The van der Waals surface area contributed by atoms with E-state index in [0.717, 1.165) is 5.41 Å². The third kappa shape index (κ3) is 13.4. The van der Waals surface area contributed by atoms with Crippen LogP contribution in [0.25, 0.3) is 0 Å². The predicted molar refractivity (Wildman–Crippen MR) is 271 cm³/mol. The third-order valence-corrected chi connectivity index (χ3v) is 18.5. The summed E-state index contributed by atoms with van der Waals surface area (Å²) in [6.07, 6.45) is 14.3. The van der Waals surface area contributed by atoms with Gasteiger partial charge in [0, 0.05) is 114 Å². The van der Waals surface area contributed by atoms with Gasteiger partial charge >= 0.3 is 0 Å². The molecule has 0 radical (unpaired) electrons. The SMILES string of the molecule is CN1CC2(C1)CN(C)C2.CN1CCC2(C1)CN(C)C2.CN1CCC2(C1)CN(C)C2.CN1CCC2(CC1)CCN(C)C2.CN1CCC2(CCN(C)C2)C1.CN1CCCC2(CCN(C)C2)C1. The molecule has 0 aromatic rings. The average molecular weight is 897 g/mol. The minimum atomic E-state index is 0.668. The summed E-state index contributed by atoms with van der Waals surface area (Å²) >= 11 is 0. The van der Waals surface area contributed by atoms with Crippen molar-refractivity contribution in [3.8, 4) is 0 Å². The zero-order valence-electron chi connectivity index (χ0n) is 44.4. The van der Waals surface area contributed by atoms with Crippen molar-refractivity contribution >= 4 is 0 Å². The van der Waals surface area contributed by atoms with Gasteiger partial charge in [-0.15, -0.1) is 0 Å². The van der Waals surface area contributed by atoms with Gasteiger partial charge in [-0.05, 0) is 224 Å². The lowest BCUT2D eigenvalue weighted by Gasteiger charge is -2.58. The van der Waals surface area contributed by atoms with Crippen LogP contribution in [-0.2, 0) is 0 Å². The van der Waals surface area contributed by atoms with Gasteiger partial charge in [-0.25, -0.2) is 0 Å². The lowest BCUT2D eigenvalue weighted by molar-refractivity contribution is -0.0926. The van der Waals surface area contributed by atoms with Gasteiger partial charge in [0.05, 0.1) is 0 Å². The van der Waals surface area contributed by atoms with E-state index in [-0.39, 0.29) is 0 Å². The van der Waals surface area contributed by atoms with Gasteiger partial charge in [-0.2, -0.15) is 0 Å². The predicted octanol–water partition coefficient (Wildman–Crippen LogP) is 3.08. The molecule has 12 aliphatic heterocycles. The fraction of sp³-hybridized carbons (Fsp3) is 1.00. The largest absolute Gasteiger partial charge is 0.306 e. The van der Waals surface area contributed by atoms with Crippen molar-refractivity contribution in [2.75, 3.05) is 242 Å². The van der Waals surface area contributed by atoms with Crippen molar-refractivity contribution in [3.63, 3.8) is 0 Å². The fourth-order valence-electron chi connectivity index (χ4n) is 15.7. The molecule has 12 nitrogen and oxygen atoms in total. The smallest absolute Gasteiger partial charge is 0.0211 e. The van der Waals surface area contributed by atoms with Crippen molar-refractivity contribution in [1.29, 1.82) is 0 Å². The highest BCUT2D eigenvalue weighted by Gasteiger charge is 2.49. The van der Waals surface area contributed by atoms with Gasteiger partial charge in [0.15, 0.2) is 0 Å². The molecule has 1 atom stereocenters. The Hall–Kier alpha value is -0.480. The molecule has 0 N–H and O–H groups in total. The monoisotopic (exact) mass is 897 g/mol. The zero-order chi connectivity index (χ0) is 46.0. The van der Waals surface area contributed by atoms with E-state index >= 15 is 0 Å². The molecule has 0 aromatic heterocycles. The number of hydrogen-bond donors (Lipinski definition) is 0. The molecule has 1 unspecified atom stereocenters. The van der Waals surface area contributed by atoms with E-state index in [0.29, 0.717) is 27.1 Å². The second-order valence-electron chi connectivity index (χ2n) is 26.3. The van der Waals surface area contributed by atoms with Crippen LogP contribution in [-0.4, -0.2) is 300 Å². The van der Waals surface area contributed by atoms with Crippen LogP contribution in [0.5, 0.6) is 0 Å². The number of piperidine rings is 2. The number of rotatable bonds is 0. The van der Waals surface area contributed by atoms with Crippen molar-refractivity contribution in [1.82, 2.24) is 58.8 Å². The normalized spacial score (nSPS) is 33.9. The third-order valence-electron chi connectivity index (χ3n) is 18.5. The molecule has 0 aromatic carbocycles. The number of nitrogens with zero attached hydrogens (tertiary/aromatic N) is 12. The van der Waals surface area contributed by atoms with Crippen LogP contribution >= 0.6 is 0 Å². The van der Waals surface area contributed by atoms with Crippen LogP contribution in [0.2, 0.25) is 0 Å². The lowest BCUT2D eigenvalue weighted by Crippen LogP contribution is -2.70. The van der Waals surface area contributed by atoms with Crippen molar-refractivity contribution < 1.29 is 0 Å². The van der Waals surface area contributed by atoms with Gasteiger partial charge < -0.3 is 58.8 Å². The lowest BCUT2D eigenvalue weighted by atomic mass is 9.74. The van der Waals surface area contributed by atoms with E-state index < -0.39 is 0 Å². The highest BCUT2D eigenvalue weighted by molar-refractivity contribution is 5.04. The topological polar surface area (TPSA) is 38.9 Å². The Balaban J connectivity index is 0.000000115. The van der Waals surface area contributed by atoms with Crippen molar-refractivity contribution in [2.24, 2.45) is 32.5 Å². The van der Waals surface area contributed by atoms with E-state index in [1.165, 1.54) is 221 Å². The fourth-order valence-corrected chi connectivity index (χ4v) is 15.7. The summed E-state index contributed by atoms with van der Waals surface area (Å²) in [6.45, 7) is 31.8. The first-order valence-electron chi connectivity index (χ1n) is 26.4. The molecule has 12 fully saturated rings. The Morgan fingerprint density at radius 3 is 0.641 bits per heavy atom. The Morgan fingerprint density at radius 1 is 0.172 bits per heavy atom. The van der Waals surface area contributed by atoms with Crippen LogP contribution in [0, 0.1) is 32.5 Å². The second-order valence-corrected chi connectivity index (χ2v) is 26.3. The van der Waals surface area contributed by atoms with Gasteiger partial charge in [0.1, 0.15) is 0 Å². The Morgan fingerprint density at radius 2 is 0.375 bits per heavy atom. The van der Waals surface area contributed by atoms with Crippen LogP contribution in [0.1, 0.15) is 64.2 Å². The first-order chi connectivity index (χ1) is 30.2. The highest BCUT2D eigenvalue weighted by atomic mass is 15.3. The molecule has 12 heteroatoms. The minimum absolute atomic E-state index is 0.668.